The van der Waals surface area contributed by atoms with E-state index in [0.29, 0.717) is 11.6 Å². The average molecular weight is 412 g/mol. The van der Waals surface area contributed by atoms with Crippen molar-refractivity contribution in [1.82, 2.24) is 31.1 Å². The highest BCUT2D eigenvalue weighted by molar-refractivity contribution is 5.83. The van der Waals surface area contributed by atoms with E-state index in [9.17, 15) is 14.0 Å². The zero-order valence-corrected chi connectivity index (χ0v) is 16.2. The van der Waals surface area contributed by atoms with E-state index < -0.39 is 6.03 Å². The molecular formula is C20H21FN6O3. The van der Waals surface area contributed by atoms with E-state index in [0.717, 1.165) is 16.9 Å². The van der Waals surface area contributed by atoms with E-state index in [1.807, 2.05) is 12.1 Å². The lowest BCUT2D eigenvalue weighted by Gasteiger charge is -2.08. The number of hydrogen-bond donors (Lipinski definition) is 4. The van der Waals surface area contributed by atoms with Crippen LogP contribution in [0.1, 0.15) is 11.4 Å². The van der Waals surface area contributed by atoms with Crippen LogP contribution in [0.15, 0.2) is 48.5 Å². The summed E-state index contributed by atoms with van der Waals surface area (Å²) in [6.45, 7) is 0.162. The van der Waals surface area contributed by atoms with Crippen molar-refractivity contribution >= 4 is 11.9 Å². The fourth-order valence-electron chi connectivity index (χ4n) is 2.50. The Kier molecular flexibility index (Phi) is 6.93. The first-order valence-electron chi connectivity index (χ1n) is 9.12. The first kappa shape index (κ1) is 20.8. The molecule has 0 aliphatic carbocycles. The Hall–Kier alpha value is -3.95. The third kappa shape index (κ3) is 6.03. The maximum absolute atomic E-state index is 12.8. The molecule has 3 rings (SSSR count). The van der Waals surface area contributed by atoms with Gasteiger partial charge in [0.25, 0.3) is 0 Å². The molecule has 0 aliphatic heterocycles. The number of aromatic amines is 1. The minimum absolute atomic E-state index is 0.140. The molecular weight excluding hydrogens is 391 g/mol. The number of ether oxygens (including phenoxy) is 1. The van der Waals surface area contributed by atoms with Crippen molar-refractivity contribution in [2.75, 3.05) is 13.7 Å². The van der Waals surface area contributed by atoms with Gasteiger partial charge in [-0.2, -0.15) is 5.10 Å². The molecule has 0 spiro atoms. The van der Waals surface area contributed by atoms with Gasteiger partial charge in [0.1, 0.15) is 17.4 Å². The number of benzene rings is 2. The highest BCUT2D eigenvalue weighted by Crippen LogP contribution is 2.18. The van der Waals surface area contributed by atoms with E-state index in [1.54, 1.807) is 31.4 Å². The fourth-order valence-corrected chi connectivity index (χ4v) is 2.50. The van der Waals surface area contributed by atoms with Crippen molar-refractivity contribution in [3.63, 3.8) is 0 Å². The van der Waals surface area contributed by atoms with E-state index in [4.69, 9.17) is 4.74 Å². The van der Waals surface area contributed by atoms with Crippen LogP contribution in [-0.4, -0.2) is 40.8 Å². The SMILES string of the molecule is COc1ccc(-c2n[nH]c(CNC(=O)CNC(=O)NCc3ccc(F)cc3)n2)cc1. The van der Waals surface area contributed by atoms with Crippen LogP contribution in [-0.2, 0) is 17.9 Å². The highest BCUT2D eigenvalue weighted by Gasteiger charge is 2.09. The molecule has 0 saturated carbocycles. The number of halogens is 1. The summed E-state index contributed by atoms with van der Waals surface area (Å²) in [5, 5.41) is 14.6. The van der Waals surface area contributed by atoms with Gasteiger partial charge in [-0.1, -0.05) is 12.1 Å². The number of hydrogen-bond acceptors (Lipinski definition) is 5. The fraction of sp³-hybridized carbons (Fsp3) is 0.200. The van der Waals surface area contributed by atoms with Gasteiger partial charge < -0.3 is 20.7 Å². The Morgan fingerprint density at radius 2 is 1.73 bits per heavy atom. The van der Waals surface area contributed by atoms with Crippen molar-refractivity contribution in [3.8, 4) is 17.1 Å². The molecule has 0 fully saturated rings. The summed E-state index contributed by atoms with van der Waals surface area (Å²) in [5.74, 6) is 0.989. The van der Waals surface area contributed by atoms with Crippen LogP contribution in [0.5, 0.6) is 5.75 Å². The van der Waals surface area contributed by atoms with Crippen molar-refractivity contribution in [3.05, 3.63) is 65.7 Å². The van der Waals surface area contributed by atoms with Crippen LogP contribution in [0, 0.1) is 5.82 Å². The van der Waals surface area contributed by atoms with Crippen molar-refractivity contribution in [2.24, 2.45) is 0 Å². The normalized spacial score (nSPS) is 10.3. The van der Waals surface area contributed by atoms with Gasteiger partial charge in [0, 0.05) is 12.1 Å². The summed E-state index contributed by atoms with van der Waals surface area (Å²) in [6.07, 6.45) is 0. The predicted molar refractivity (Wildman–Crippen MR) is 107 cm³/mol. The second-order valence-corrected chi connectivity index (χ2v) is 6.27. The number of urea groups is 1. The lowest BCUT2D eigenvalue weighted by atomic mass is 10.2. The van der Waals surface area contributed by atoms with E-state index in [2.05, 4.69) is 31.1 Å². The largest absolute Gasteiger partial charge is 0.497 e. The quantitative estimate of drug-likeness (QED) is 0.449. The molecule has 30 heavy (non-hydrogen) atoms. The number of carbonyl (C=O) groups is 2. The molecule has 0 aliphatic rings. The van der Waals surface area contributed by atoms with Gasteiger partial charge in [-0.3, -0.25) is 9.89 Å². The summed E-state index contributed by atoms with van der Waals surface area (Å²) < 4.78 is 18.0. The molecule has 4 N–H and O–H groups in total. The van der Waals surface area contributed by atoms with Gasteiger partial charge in [-0.15, -0.1) is 0 Å². The van der Waals surface area contributed by atoms with Crippen LogP contribution < -0.4 is 20.7 Å². The van der Waals surface area contributed by atoms with Gasteiger partial charge in [-0.05, 0) is 42.0 Å². The predicted octanol–water partition coefficient (Wildman–Crippen LogP) is 1.73. The molecule has 9 nitrogen and oxygen atoms in total. The zero-order valence-electron chi connectivity index (χ0n) is 16.2. The number of aromatic nitrogens is 3. The highest BCUT2D eigenvalue weighted by atomic mass is 19.1. The Morgan fingerprint density at radius 1 is 1.00 bits per heavy atom. The smallest absolute Gasteiger partial charge is 0.315 e. The standard InChI is InChI=1S/C20H21FN6O3/c1-30-16-8-4-14(5-9-16)19-25-17(26-27-19)11-22-18(28)12-24-20(29)23-10-13-2-6-15(21)7-3-13/h2-9H,10-12H2,1H3,(H,22,28)(H2,23,24,29)(H,25,26,27). The molecule has 0 saturated heterocycles. The van der Waals surface area contributed by atoms with Gasteiger partial charge in [-0.25, -0.2) is 14.2 Å². The summed E-state index contributed by atoms with van der Waals surface area (Å²) >= 11 is 0. The molecule has 0 unspecified atom stereocenters. The molecule has 2 aromatic carbocycles. The Bertz CT molecular complexity index is 989. The number of rotatable bonds is 8. The molecule has 0 bridgehead atoms. The Labute approximate surface area is 172 Å². The summed E-state index contributed by atoms with van der Waals surface area (Å²) in [4.78, 5) is 28.0. The Morgan fingerprint density at radius 3 is 2.43 bits per heavy atom. The van der Waals surface area contributed by atoms with Gasteiger partial charge >= 0.3 is 6.03 Å². The molecule has 156 valence electrons. The number of nitrogens with one attached hydrogen (secondary N) is 4. The number of methoxy groups -OCH3 is 1. The second kappa shape index (κ2) is 10.0. The zero-order chi connectivity index (χ0) is 21.3. The minimum atomic E-state index is -0.504. The number of H-pyrrole nitrogens is 1. The second-order valence-electron chi connectivity index (χ2n) is 6.27. The number of carbonyl (C=O) groups excluding carboxylic acids is 2. The maximum Gasteiger partial charge on any atom is 0.315 e. The molecule has 1 aromatic heterocycles. The topological polar surface area (TPSA) is 121 Å². The lowest BCUT2D eigenvalue weighted by Crippen LogP contribution is -2.41. The molecule has 1 heterocycles. The summed E-state index contributed by atoms with van der Waals surface area (Å²) in [5.41, 5.74) is 1.55. The van der Waals surface area contributed by atoms with Crippen molar-refractivity contribution in [2.45, 2.75) is 13.1 Å². The third-order valence-electron chi connectivity index (χ3n) is 4.11. The number of nitrogens with zero attached hydrogens (tertiary/aromatic N) is 2. The van der Waals surface area contributed by atoms with E-state index in [1.165, 1.54) is 12.1 Å². The van der Waals surface area contributed by atoms with Gasteiger partial charge in [0.2, 0.25) is 5.91 Å². The van der Waals surface area contributed by atoms with Crippen LogP contribution in [0.2, 0.25) is 0 Å². The first-order valence-corrected chi connectivity index (χ1v) is 9.12. The van der Waals surface area contributed by atoms with Crippen LogP contribution in [0.3, 0.4) is 0 Å². The maximum atomic E-state index is 12.8. The first-order chi connectivity index (χ1) is 14.5. The minimum Gasteiger partial charge on any atom is -0.497 e. The molecule has 3 aromatic rings. The molecule has 3 amide bonds. The third-order valence-corrected chi connectivity index (χ3v) is 4.11. The summed E-state index contributed by atoms with van der Waals surface area (Å²) in [7, 11) is 1.59. The molecule has 0 atom stereocenters. The van der Waals surface area contributed by atoms with Crippen LogP contribution >= 0.6 is 0 Å². The average Bonchev–Trinajstić information content (AvgIpc) is 3.25. The summed E-state index contributed by atoms with van der Waals surface area (Å²) in [6, 6.07) is 12.5. The molecule has 0 radical (unpaired) electrons. The Balaban J connectivity index is 1.38. The van der Waals surface area contributed by atoms with Crippen LogP contribution in [0.25, 0.3) is 11.4 Å². The molecule has 10 heteroatoms. The van der Waals surface area contributed by atoms with E-state index in [-0.39, 0.29) is 31.4 Å². The van der Waals surface area contributed by atoms with Gasteiger partial charge in [0.15, 0.2) is 5.82 Å². The van der Waals surface area contributed by atoms with Crippen LogP contribution in [0.4, 0.5) is 9.18 Å². The van der Waals surface area contributed by atoms with Gasteiger partial charge in [0.05, 0.1) is 20.2 Å². The van der Waals surface area contributed by atoms with Crippen molar-refractivity contribution < 1.29 is 18.7 Å². The lowest BCUT2D eigenvalue weighted by molar-refractivity contribution is -0.120. The van der Waals surface area contributed by atoms with Crippen molar-refractivity contribution in [1.29, 1.82) is 0 Å². The van der Waals surface area contributed by atoms with E-state index >= 15 is 0 Å². The monoisotopic (exact) mass is 412 g/mol. The number of amides is 3.